The molecule has 1 aliphatic heterocycles. The van der Waals surface area contributed by atoms with E-state index in [9.17, 15) is 13.2 Å². The van der Waals surface area contributed by atoms with Crippen LogP contribution in [0.4, 0.5) is 4.79 Å². The fraction of sp³-hybridized carbons (Fsp3) is 0.304. The highest BCUT2D eigenvalue weighted by molar-refractivity contribution is 7.91. The maximum atomic E-state index is 12.4. The second kappa shape index (κ2) is 8.82. The first-order chi connectivity index (χ1) is 15.0. The lowest BCUT2D eigenvalue weighted by Gasteiger charge is -2.31. The topological polar surface area (TPSA) is 103 Å². The number of piperidine rings is 1. The van der Waals surface area contributed by atoms with Crippen LogP contribution in [0.15, 0.2) is 59.6 Å². The van der Waals surface area contributed by atoms with E-state index in [4.69, 9.17) is 10.00 Å². The second-order valence-corrected chi connectivity index (χ2v) is 9.66. The number of ether oxygens (including phenoxy) is 1. The molecule has 2 aromatic carbocycles. The third kappa shape index (κ3) is 4.57. The molecular weight excluding hydrogens is 414 g/mol. The zero-order valence-electron chi connectivity index (χ0n) is 17.0. The van der Waals surface area contributed by atoms with E-state index in [2.05, 4.69) is 4.98 Å². The third-order valence-electron chi connectivity index (χ3n) is 5.70. The highest BCUT2D eigenvalue weighted by atomic mass is 32.2. The number of sulfone groups is 1. The number of benzene rings is 2. The Kier molecular flexibility index (Phi) is 5.96. The van der Waals surface area contributed by atoms with Crippen LogP contribution in [-0.2, 0) is 21.2 Å². The van der Waals surface area contributed by atoms with Gasteiger partial charge in [0.1, 0.15) is 12.4 Å². The number of carbonyl (C=O) groups excluding carboxylic acids is 1. The van der Waals surface area contributed by atoms with Gasteiger partial charge in [-0.25, -0.2) is 13.2 Å². The number of H-pyrrole nitrogens is 1. The molecular formula is C23H23N3O4S. The zero-order chi connectivity index (χ0) is 21.8. The number of hydrogen-bond acceptors (Lipinski definition) is 5. The number of rotatable bonds is 5. The second-order valence-electron chi connectivity index (χ2n) is 7.67. The molecule has 31 heavy (non-hydrogen) atoms. The minimum absolute atomic E-state index is 0.157. The molecule has 0 aliphatic carbocycles. The summed E-state index contributed by atoms with van der Waals surface area (Å²) in [6.45, 7) is 1.41. The molecule has 1 saturated heterocycles. The number of nitrogens with one attached hydrogen (secondary N) is 1. The van der Waals surface area contributed by atoms with Gasteiger partial charge in [0, 0.05) is 30.2 Å². The van der Waals surface area contributed by atoms with Crippen LogP contribution in [0.25, 0.3) is 10.9 Å². The highest BCUT2D eigenvalue weighted by Crippen LogP contribution is 2.34. The number of hydrogen-bond donors (Lipinski definition) is 1. The van der Waals surface area contributed by atoms with Crippen molar-refractivity contribution in [3.63, 3.8) is 0 Å². The smallest absolute Gasteiger partial charge is 0.410 e. The van der Waals surface area contributed by atoms with E-state index in [1.807, 2.05) is 36.5 Å². The normalized spacial score (nSPS) is 15.0. The van der Waals surface area contributed by atoms with E-state index in [1.165, 1.54) is 6.07 Å². The first-order valence-corrected chi connectivity index (χ1v) is 11.8. The molecule has 4 rings (SSSR count). The summed E-state index contributed by atoms with van der Waals surface area (Å²) in [6, 6.07) is 16.2. The average Bonchev–Trinajstić information content (AvgIpc) is 3.21. The van der Waals surface area contributed by atoms with Gasteiger partial charge in [0.05, 0.1) is 11.0 Å². The van der Waals surface area contributed by atoms with Gasteiger partial charge in [-0.1, -0.05) is 30.3 Å². The van der Waals surface area contributed by atoms with E-state index in [-0.39, 0.29) is 23.5 Å². The summed E-state index contributed by atoms with van der Waals surface area (Å²) in [7, 11) is -3.62. The van der Waals surface area contributed by atoms with Crippen molar-refractivity contribution >= 4 is 26.8 Å². The Morgan fingerprint density at radius 3 is 2.61 bits per heavy atom. The van der Waals surface area contributed by atoms with Crippen LogP contribution < -0.4 is 0 Å². The number of carbonyl (C=O) groups is 1. The number of likely N-dealkylation sites (tertiary alicyclic amines) is 1. The van der Waals surface area contributed by atoms with Gasteiger partial charge in [0.25, 0.3) is 0 Å². The molecule has 1 amide bonds. The molecule has 0 unspecified atom stereocenters. The summed E-state index contributed by atoms with van der Waals surface area (Å²) in [5, 5.41) is 9.64. The molecule has 3 aromatic rings. The number of aromatic nitrogens is 1. The predicted octanol–water partition coefficient (Wildman–Crippen LogP) is 3.98. The molecule has 1 fully saturated rings. The van der Waals surface area contributed by atoms with Gasteiger partial charge in [0.2, 0.25) is 0 Å². The van der Waals surface area contributed by atoms with Crippen molar-refractivity contribution in [3.05, 3.63) is 65.9 Å². The molecule has 1 aliphatic rings. The average molecular weight is 438 g/mol. The number of aromatic amines is 1. The molecule has 1 N–H and O–H groups in total. The van der Waals surface area contributed by atoms with Gasteiger partial charge in [-0.05, 0) is 48.1 Å². The van der Waals surface area contributed by atoms with Crippen LogP contribution >= 0.6 is 0 Å². The monoisotopic (exact) mass is 437 g/mol. The SMILES string of the molecule is N#CCS(=O)(=O)c1ccc2[nH]cc(C3CCN(C(=O)OCc4ccccc4)CC3)c2c1. The van der Waals surface area contributed by atoms with E-state index < -0.39 is 15.6 Å². The summed E-state index contributed by atoms with van der Waals surface area (Å²) < 4.78 is 30.0. The Morgan fingerprint density at radius 2 is 1.90 bits per heavy atom. The van der Waals surface area contributed by atoms with E-state index in [0.717, 1.165) is 34.9 Å². The molecule has 2 heterocycles. The van der Waals surface area contributed by atoms with Crippen LogP contribution in [-0.4, -0.2) is 43.2 Å². The molecule has 0 bridgehead atoms. The standard InChI is InChI=1S/C23H23N3O4S/c24-10-13-31(28,29)19-6-7-22-20(14-19)21(15-25-22)18-8-11-26(12-9-18)23(27)30-16-17-4-2-1-3-5-17/h1-7,14-15,18,25H,8-9,11-13,16H2. The Labute approximate surface area is 181 Å². The third-order valence-corrected chi connectivity index (χ3v) is 7.18. The van der Waals surface area contributed by atoms with Crippen LogP contribution in [0.5, 0.6) is 0 Å². The predicted molar refractivity (Wildman–Crippen MR) is 116 cm³/mol. The number of nitriles is 1. The highest BCUT2D eigenvalue weighted by Gasteiger charge is 2.27. The lowest BCUT2D eigenvalue weighted by molar-refractivity contribution is 0.0871. The van der Waals surface area contributed by atoms with Crippen LogP contribution in [0.2, 0.25) is 0 Å². The van der Waals surface area contributed by atoms with Gasteiger partial charge in [-0.2, -0.15) is 5.26 Å². The first-order valence-electron chi connectivity index (χ1n) is 10.1. The molecule has 7 nitrogen and oxygen atoms in total. The minimum atomic E-state index is -3.62. The number of fused-ring (bicyclic) bond motifs is 1. The molecule has 0 saturated carbocycles. The maximum Gasteiger partial charge on any atom is 0.410 e. The molecule has 8 heteroatoms. The Bertz CT molecular complexity index is 1220. The lowest BCUT2D eigenvalue weighted by atomic mass is 9.89. The van der Waals surface area contributed by atoms with Crippen LogP contribution in [0.1, 0.15) is 29.9 Å². The summed E-state index contributed by atoms with van der Waals surface area (Å²) in [5.74, 6) is -0.331. The van der Waals surface area contributed by atoms with Gasteiger partial charge >= 0.3 is 6.09 Å². The summed E-state index contributed by atoms with van der Waals surface area (Å²) in [5.41, 5.74) is 2.85. The molecule has 0 spiro atoms. The molecule has 1 aromatic heterocycles. The number of amides is 1. The summed E-state index contributed by atoms with van der Waals surface area (Å²) >= 11 is 0. The van der Waals surface area contributed by atoms with Gasteiger partial charge in [0.15, 0.2) is 9.84 Å². The Balaban J connectivity index is 1.42. The summed E-state index contributed by atoms with van der Waals surface area (Å²) in [4.78, 5) is 17.5. The fourth-order valence-electron chi connectivity index (χ4n) is 4.00. The van der Waals surface area contributed by atoms with Crippen molar-refractivity contribution in [2.24, 2.45) is 0 Å². The quantitative estimate of drug-likeness (QED) is 0.650. The van der Waals surface area contributed by atoms with Crippen molar-refractivity contribution < 1.29 is 17.9 Å². The molecule has 0 atom stereocenters. The van der Waals surface area contributed by atoms with E-state index >= 15 is 0 Å². The van der Waals surface area contributed by atoms with Crippen molar-refractivity contribution in [1.82, 2.24) is 9.88 Å². The summed E-state index contributed by atoms with van der Waals surface area (Å²) in [6.07, 6.45) is 3.14. The van der Waals surface area contributed by atoms with Gasteiger partial charge in [-0.3, -0.25) is 0 Å². The van der Waals surface area contributed by atoms with E-state index in [0.29, 0.717) is 13.1 Å². The number of nitrogens with zero attached hydrogens (tertiary/aromatic N) is 2. The lowest BCUT2D eigenvalue weighted by Crippen LogP contribution is -2.38. The van der Waals surface area contributed by atoms with Crippen molar-refractivity contribution in [1.29, 1.82) is 5.26 Å². The Hall–Kier alpha value is -3.31. The largest absolute Gasteiger partial charge is 0.445 e. The fourth-order valence-corrected chi connectivity index (χ4v) is 4.91. The van der Waals surface area contributed by atoms with Gasteiger partial charge < -0.3 is 14.6 Å². The van der Waals surface area contributed by atoms with Gasteiger partial charge in [-0.15, -0.1) is 0 Å². The zero-order valence-corrected chi connectivity index (χ0v) is 17.8. The van der Waals surface area contributed by atoms with E-state index in [1.54, 1.807) is 23.1 Å². The first kappa shape index (κ1) is 20.9. The van der Waals surface area contributed by atoms with Crippen molar-refractivity contribution in [2.45, 2.75) is 30.3 Å². The minimum Gasteiger partial charge on any atom is -0.445 e. The van der Waals surface area contributed by atoms with Crippen molar-refractivity contribution in [3.8, 4) is 6.07 Å². The van der Waals surface area contributed by atoms with Crippen LogP contribution in [0, 0.1) is 11.3 Å². The van der Waals surface area contributed by atoms with Crippen LogP contribution in [0.3, 0.4) is 0 Å². The van der Waals surface area contributed by atoms with Crippen molar-refractivity contribution in [2.75, 3.05) is 18.8 Å². The molecule has 160 valence electrons. The Morgan fingerprint density at radius 1 is 1.16 bits per heavy atom. The maximum absolute atomic E-state index is 12.4. The molecule has 0 radical (unpaired) electrons.